The first-order valence-corrected chi connectivity index (χ1v) is 15.3. The van der Waals surface area contributed by atoms with Gasteiger partial charge in [0, 0.05) is 31.7 Å². The molecule has 3 amide bonds. The molecule has 3 aliphatic heterocycles. The van der Waals surface area contributed by atoms with Crippen LogP contribution in [0.1, 0.15) is 26.3 Å². The molecule has 1 saturated heterocycles. The summed E-state index contributed by atoms with van der Waals surface area (Å²) in [4.78, 5) is 54.1. The average Bonchev–Trinajstić information content (AvgIpc) is 3.52. The Labute approximate surface area is 274 Å². The second-order valence-corrected chi connectivity index (χ2v) is 11.4. The minimum atomic E-state index is -0.702. The Hall–Kier alpha value is -6.17. The topological polar surface area (TPSA) is 136 Å². The van der Waals surface area contributed by atoms with E-state index in [1.807, 2.05) is 18.2 Å². The van der Waals surface area contributed by atoms with E-state index < -0.39 is 23.9 Å². The van der Waals surface area contributed by atoms with Crippen LogP contribution in [0.5, 0.6) is 11.5 Å². The lowest BCUT2D eigenvalue weighted by molar-refractivity contribution is -0.123. The largest absolute Gasteiger partial charge is 0.486 e. The van der Waals surface area contributed by atoms with E-state index in [4.69, 9.17) is 9.47 Å². The Bertz CT molecular complexity index is 1970. The Kier molecular flexibility index (Phi) is 8.44. The van der Waals surface area contributed by atoms with Gasteiger partial charge in [-0.25, -0.2) is 14.4 Å². The van der Waals surface area contributed by atoms with Gasteiger partial charge in [-0.3, -0.25) is 19.4 Å². The third-order valence-corrected chi connectivity index (χ3v) is 8.11. The predicted molar refractivity (Wildman–Crippen MR) is 172 cm³/mol. The number of halogens is 1. The zero-order valence-electron chi connectivity index (χ0n) is 25.5. The third kappa shape index (κ3) is 6.68. The number of hydrogen-bond acceptors (Lipinski definition) is 8. The lowest BCUT2D eigenvalue weighted by atomic mass is 10.0. The van der Waals surface area contributed by atoms with Crippen LogP contribution >= 0.6 is 0 Å². The van der Waals surface area contributed by atoms with Crippen molar-refractivity contribution in [3.05, 3.63) is 126 Å². The first kappa shape index (κ1) is 30.5. The molecular formula is C36H29FN6O5. The number of amides is 3. The number of aromatic nitrogens is 3. The van der Waals surface area contributed by atoms with E-state index in [1.165, 1.54) is 24.5 Å². The molecule has 11 nitrogen and oxygen atoms in total. The summed E-state index contributed by atoms with van der Waals surface area (Å²) in [6, 6.07) is 23.1. The van der Waals surface area contributed by atoms with E-state index in [9.17, 15) is 14.4 Å². The molecule has 2 atom stereocenters. The van der Waals surface area contributed by atoms with Crippen molar-refractivity contribution in [1.29, 1.82) is 0 Å². The fraction of sp³-hybridized carbons (Fsp3) is 0.167. The maximum Gasteiger partial charge on any atom is 0.258 e. The SMILES string of the molecule is O=C1COc2cccc(c2)-c2ccc(F)c(c2)C(=O)N[C@H]2CN(C(=O)c3cnc(-c4ccccn4)nc3)C[C@@H]2Oc2ccc(cc2)CN1. The number of pyridine rings is 1. The molecule has 0 aliphatic carbocycles. The summed E-state index contributed by atoms with van der Waals surface area (Å²) < 4.78 is 27.1. The number of likely N-dealkylation sites (tertiary alicyclic amines) is 1. The van der Waals surface area contributed by atoms with Crippen LogP contribution in [0.3, 0.4) is 0 Å². The number of carbonyl (C=O) groups is 3. The third-order valence-electron chi connectivity index (χ3n) is 8.11. The van der Waals surface area contributed by atoms with Crippen LogP contribution in [0.25, 0.3) is 22.6 Å². The number of nitrogens with one attached hydrogen (secondary N) is 2. The van der Waals surface area contributed by atoms with Gasteiger partial charge >= 0.3 is 0 Å². The van der Waals surface area contributed by atoms with E-state index in [2.05, 4.69) is 25.6 Å². The fourth-order valence-corrected chi connectivity index (χ4v) is 5.60. The number of nitrogens with zero attached hydrogens (tertiary/aromatic N) is 4. The van der Waals surface area contributed by atoms with E-state index in [-0.39, 0.29) is 49.2 Å². The molecule has 12 heteroatoms. The Morgan fingerprint density at radius 3 is 2.46 bits per heavy atom. The van der Waals surface area contributed by atoms with E-state index in [0.717, 1.165) is 5.56 Å². The summed E-state index contributed by atoms with van der Waals surface area (Å²) in [6.45, 7) is 0.327. The number of hydrogen-bond donors (Lipinski definition) is 2. The summed E-state index contributed by atoms with van der Waals surface area (Å²) in [5.41, 5.74) is 2.75. The molecule has 48 heavy (non-hydrogen) atoms. The van der Waals surface area contributed by atoms with Crippen LogP contribution in [-0.2, 0) is 11.3 Å². The van der Waals surface area contributed by atoms with Gasteiger partial charge in [-0.2, -0.15) is 0 Å². The zero-order valence-corrected chi connectivity index (χ0v) is 25.5. The Balaban J connectivity index is 1.18. The number of rotatable bonds is 2. The minimum Gasteiger partial charge on any atom is -0.486 e. The lowest BCUT2D eigenvalue weighted by Gasteiger charge is -2.21. The van der Waals surface area contributed by atoms with Gasteiger partial charge in [-0.1, -0.05) is 36.4 Å². The standard InChI is InChI=1S/C36H29FN6O5/c37-29-12-9-24-15-28(29)35(45)42-31-19-43(36(46)25-17-40-34(41-18-25)30-6-1-2-13-38-30)20-32(31)48-26-10-7-22(8-11-26)16-39-33(44)21-47-27-5-3-4-23(24)14-27/h1-15,17-18,31-32H,16,19-21H2,(H,39,44)(H,42,45)/t31-,32-/m0/s1. The highest BCUT2D eigenvalue weighted by atomic mass is 19.1. The maximum absolute atomic E-state index is 15.1. The molecule has 240 valence electrons. The summed E-state index contributed by atoms with van der Waals surface area (Å²) in [5.74, 6) is -0.676. The highest BCUT2D eigenvalue weighted by Gasteiger charge is 2.39. The molecule has 0 saturated carbocycles. The number of benzene rings is 3. The van der Waals surface area contributed by atoms with Crippen molar-refractivity contribution in [1.82, 2.24) is 30.5 Å². The minimum absolute atomic E-state index is 0.0992. The second-order valence-electron chi connectivity index (χ2n) is 11.4. The molecule has 6 bridgehead atoms. The van der Waals surface area contributed by atoms with Gasteiger partial charge in [0.05, 0.1) is 23.7 Å². The van der Waals surface area contributed by atoms with Gasteiger partial charge in [-0.05, 0) is 65.2 Å². The molecule has 3 aromatic carbocycles. The van der Waals surface area contributed by atoms with Gasteiger partial charge in [0.2, 0.25) is 0 Å². The fourth-order valence-electron chi connectivity index (χ4n) is 5.60. The van der Waals surface area contributed by atoms with Gasteiger partial charge in [0.25, 0.3) is 17.7 Å². The van der Waals surface area contributed by atoms with Crippen molar-refractivity contribution < 1.29 is 28.2 Å². The summed E-state index contributed by atoms with van der Waals surface area (Å²) in [7, 11) is 0. The molecule has 2 aromatic heterocycles. The quantitative estimate of drug-likeness (QED) is 0.294. The normalized spacial score (nSPS) is 17.7. The predicted octanol–water partition coefficient (Wildman–Crippen LogP) is 4.06. The summed E-state index contributed by atoms with van der Waals surface area (Å²) in [6.07, 6.45) is 3.85. The van der Waals surface area contributed by atoms with E-state index in [0.29, 0.717) is 34.1 Å². The highest BCUT2D eigenvalue weighted by Crippen LogP contribution is 2.27. The van der Waals surface area contributed by atoms with Gasteiger partial charge < -0.3 is 25.0 Å². The number of ether oxygens (including phenoxy) is 2. The van der Waals surface area contributed by atoms with Crippen LogP contribution < -0.4 is 20.1 Å². The smallest absolute Gasteiger partial charge is 0.258 e. The molecule has 0 radical (unpaired) electrons. The monoisotopic (exact) mass is 644 g/mol. The van der Waals surface area contributed by atoms with Crippen molar-refractivity contribution in [3.63, 3.8) is 0 Å². The van der Waals surface area contributed by atoms with Crippen molar-refractivity contribution in [2.24, 2.45) is 0 Å². The van der Waals surface area contributed by atoms with Crippen LogP contribution in [0, 0.1) is 5.82 Å². The zero-order chi connectivity index (χ0) is 33.0. The molecular weight excluding hydrogens is 615 g/mol. The van der Waals surface area contributed by atoms with Gasteiger partial charge in [-0.15, -0.1) is 0 Å². The Morgan fingerprint density at radius 2 is 1.67 bits per heavy atom. The van der Waals surface area contributed by atoms with Crippen LogP contribution in [-0.4, -0.2) is 69.4 Å². The van der Waals surface area contributed by atoms with Crippen LogP contribution in [0.2, 0.25) is 0 Å². The van der Waals surface area contributed by atoms with Crippen LogP contribution in [0.4, 0.5) is 4.39 Å². The summed E-state index contributed by atoms with van der Waals surface area (Å²) in [5, 5.41) is 5.75. The number of fused-ring (bicyclic) bond motifs is 7. The average molecular weight is 645 g/mol. The van der Waals surface area contributed by atoms with Crippen LogP contribution in [0.15, 0.2) is 104 Å². The van der Waals surface area contributed by atoms with Crippen molar-refractivity contribution >= 4 is 17.7 Å². The maximum atomic E-state index is 15.1. The molecule has 3 aliphatic rings. The lowest BCUT2D eigenvalue weighted by Crippen LogP contribution is -2.45. The molecule has 2 N–H and O–H groups in total. The second kappa shape index (κ2) is 13.3. The van der Waals surface area contributed by atoms with E-state index in [1.54, 1.807) is 65.7 Å². The molecule has 5 aromatic rings. The number of carbonyl (C=O) groups excluding carboxylic acids is 3. The Morgan fingerprint density at radius 1 is 0.854 bits per heavy atom. The molecule has 0 spiro atoms. The van der Waals surface area contributed by atoms with Gasteiger partial charge in [0.15, 0.2) is 12.4 Å². The van der Waals surface area contributed by atoms with E-state index >= 15 is 4.39 Å². The molecule has 5 heterocycles. The first-order valence-electron chi connectivity index (χ1n) is 15.3. The molecule has 1 fully saturated rings. The highest BCUT2D eigenvalue weighted by molar-refractivity contribution is 5.97. The molecule has 0 unspecified atom stereocenters. The van der Waals surface area contributed by atoms with Crippen molar-refractivity contribution in [3.8, 4) is 34.1 Å². The summed E-state index contributed by atoms with van der Waals surface area (Å²) >= 11 is 0. The van der Waals surface area contributed by atoms with Crippen molar-refractivity contribution in [2.45, 2.75) is 18.7 Å². The van der Waals surface area contributed by atoms with Gasteiger partial charge in [0.1, 0.15) is 29.1 Å². The van der Waals surface area contributed by atoms with Crippen molar-refractivity contribution in [2.75, 3.05) is 19.7 Å². The first-order chi connectivity index (χ1) is 23.4. The molecule has 8 rings (SSSR count).